The largest absolute Gasteiger partial charge is 0.311 e. The molecule has 1 aromatic carbocycles. The molecule has 5 heteroatoms. The Hall–Kier alpha value is -0.910. The van der Waals surface area contributed by atoms with Crippen LogP contribution in [0.2, 0.25) is 0 Å². The highest BCUT2D eigenvalue weighted by Gasteiger charge is 2.29. The summed E-state index contributed by atoms with van der Waals surface area (Å²) in [5, 5.41) is 3.40. The van der Waals surface area contributed by atoms with Crippen LogP contribution in [0.3, 0.4) is 0 Å². The molecule has 1 aliphatic rings. The predicted octanol–water partition coefficient (Wildman–Crippen LogP) is 1.70. The van der Waals surface area contributed by atoms with Crippen molar-refractivity contribution in [1.82, 2.24) is 9.62 Å². The zero-order valence-electron chi connectivity index (χ0n) is 11.5. The van der Waals surface area contributed by atoms with E-state index in [1.54, 1.807) is 28.6 Å². The monoisotopic (exact) mass is 282 g/mol. The van der Waals surface area contributed by atoms with E-state index in [9.17, 15) is 8.42 Å². The highest BCUT2D eigenvalue weighted by atomic mass is 32.2. The zero-order chi connectivity index (χ0) is 13.9. The average Bonchev–Trinajstić information content (AvgIpc) is 2.39. The summed E-state index contributed by atoms with van der Waals surface area (Å²) < 4.78 is 26.6. The first kappa shape index (κ1) is 14.5. The molecule has 0 amide bonds. The zero-order valence-corrected chi connectivity index (χ0v) is 12.4. The number of piperazine rings is 1. The van der Waals surface area contributed by atoms with Gasteiger partial charge in [-0.15, -0.1) is 0 Å². The summed E-state index contributed by atoms with van der Waals surface area (Å²) in [5.41, 5.74) is 0. The second-order valence-electron chi connectivity index (χ2n) is 5.46. The van der Waals surface area contributed by atoms with Crippen LogP contribution in [0.15, 0.2) is 35.2 Å². The van der Waals surface area contributed by atoms with Crippen LogP contribution >= 0.6 is 0 Å². The molecule has 106 valence electrons. The predicted molar refractivity (Wildman–Crippen MR) is 76.4 cm³/mol. The Kier molecular flexibility index (Phi) is 4.60. The minimum atomic E-state index is -3.34. The molecule has 1 aromatic rings. The Morgan fingerprint density at radius 3 is 2.63 bits per heavy atom. The quantitative estimate of drug-likeness (QED) is 0.914. The molecule has 1 atom stereocenters. The fourth-order valence-corrected chi connectivity index (χ4v) is 3.99. The Balaban J connectivity index is 2.13. The Bertz CT molecular complexity index is 499. The summed E-state index contributed by atoms with van der Waals surface area (Å²) in [6.45, 7) is 6.16. The standard InChI is InChI=1S/C14H22N2O2S/c1-12(2)10-13-11-16(9-8-15-13)19(17,18)14-6-4-3-5-7-14/h3-7,12-13,15H,8-11H2,1-2H3. The van der Waals surface area contributed by atoms with Crippen LogP contribution in [0.4, 0.5) is 0 Å². The van der Waals surface area contributed by atoms with Crippen molar-refractivity contribution in [2.45, 2.75) is 31.2 Å². The Morgan fingerprint density at radius 2 is 2.00 bits per heavy atom. The van der Waals surface area contributed by atoms with E-state index in [2.05, 4.69) is 19.2 Å². The van der Waals surface area contributed by atoms with Crippen LogP contribution in [0.25, 0.3) is 0 Å². The molecule has 1 saturated heterocycles. The van der Waals surface area contributed by atoms with Crippen molar-refractivity contribution in [3.63, 3.8) is 0 Å². The summed E-state index contributed by atoms with van der Waals surface area (Å²) in [6, 6.07) is 8.94. The van der Waals surface area contributed by atoms with Crippen molar-refractivity contribution in [2.24, 2.45) is 5.92 Å². The molecule has 2 rings (SSSR count). The topological polar surface area (TPSA) is 49.4 Å². The number of benzene rings is 1. The van der Waals surface area contributed by atoms with E-state index in [0.29, 0.717) is 23.9 Å². The molecule has 1 heterocycles. The number of nitrogens with zero attached hydrogens (tertiary/aromatic N) is 1. The van der Waals surface area contributed by atoms with Crippen LogP contribution in [-0.2, 0) is 10.0 Å². The highest BCUT2D eigenvalue weighted by Crippen LogP contribution is 2.18. The third kappa shape index (κ3) is 3.55. The van der Waals surface area contributed by atoms with Gasteiger partial charge < -0.3 is 5.32 Å². The molecule has 0 bridgehead atoms. The lowest BCUT2D eigenvalue weighted by Crippen LogP contribution is -2.52. The Morgan fingerprint density at radius 1 is 1.32 bits per heavy atom. The first-order chi connectivity index (χ1) is 9.00. The van der Waals surface area contributed by atoms with Gasteiger partial charge in [0.25, 0.3) is 0 Å². The molecule has 0 spiro atoms. The first-order valence-electron chi connectivity index (χ1n) is 6.78. The number of sulfonamides is 1. The van der Waals surface area contributed by atoms with Gasteiger partial charge in [0.1, 0.15) is 0 Å². The van der Waals surface area contributed by atoms with Crippen molar-refractivity contribution in [2.75, 3.05) is 19.6 Å². The van der Waals surface area contributed by atoms with Gasteiger partial charge in [0.2, 0.25) is 10.0 Å². The van der Waals surface area contributed by atoms with Crippen molar-refractivity contribution in [1.29, 1.82) is 0 Å². The van der Waals surface area contributed by atoms with Gasteiger partial charge in [0, 0.05) is 25.7 Å². The van der Waals surface area contributed by atoms with E-state index in [1.165, 1.54) is 0 Å². The maximum Gasteiger partial charge on any atom is 0.243 e. The maximum absolute atomic E-state index is 12.5. The second-order valence-corrected chi connectivity index (χ2v) is 7.39. The molecule has 0 aromatic heterocycles. The van der Waals surface area contributed by atoms with Gasteiger partial charge >= 0.3 is 0 Å². The van der Waals surface area contributed by atoms with Gasteiger partial charge in [-0.05, 0) is 24.5 Å². The molecule has 1 aliphatic heterocycles. The minimum absolute atomic E-state index is 0.257. The SMILES string of the molecule is CC(C)CC1CN(S(=O)(=O)c2ccccc2)CCN1. The van der Waals surface area contributed by atoms with Gasteiger partial charge in [-0.3, -0.25) is 0 Å². The molecule has 0 radical (unpaired) electrons. The normalized spacial score (nSPS) is 21.7. The van der Waals surface area contributed by atoms with Crippen molar-refractivity contribution in [3.8, 4) is 0 Å². The molecular weight excluding hydrogens is 260 g/mol. The average molecular weight is 282 g/mol. The van der Waals surface area contributed by atoms with Gasteiger partial charge in [-0.1, -0.05) is 32.0 Å². The summed E-state index contributed by atoms with van der Waals surface area (Å²) >= 11 is 0. The molecule has 19 heavy (non-hydrogen) atoms. The third-order valence-electron chi connectivity index (χ3n) is 3.36. The molecule has 1 N–H and O–H groups in total. The second kappa shape index (κ2) is 6.03. The third-order valence-corrected chi connectivity index (χ3v) is 5.23. The van der Waals surface area contributed by atoms with Gasteiger partial charge in [0.05, 0.1) is 4.90 Å². The minimum Gasteiger partial charge on any atom is -0.311 e. The van der Waals surface area contributed by atoms with Crippen LogP contribution in [-0.4, -0.2) is 38.4 Å². The molecule has 1 unspecified atom stereocenters. The van der Waals surface area contributed by atoms with Gasteiger partial charge in [-0.25, -0.2) is 8.42 Å². The van der Waals surface area contributed by atoms with Crippen LogP contribution in [0.5, 0.6) is 0 Å². The van der Waals surface area contributed by atoms with Crippen molar-refractivity contribution in [3.05, 3.63) is 30.3 Å². The summed E-state index contributed by atoms with van der Waals surface area (Å²) in [4.78, 5) is 0.389. The summed E-state index contributed by atoms with van der Waals surface area (Å²) in [7, 11) is -3.34. The molecule has 1 fully saturated rings. The van der Waals surface area contributed by atoms with Crippen molar-refractivity contribution < 1.29 is 8.42 Å². The van der Waals surface area contributed by atoms with E-state index in [4.69, 9.17) is 0 Å². The van der Waals surface area contributed by atoms with Crippen LogP contribution in [0, 0.1) is 5.92 Å². The summed E-state index contributed by atoms with van der Waals surface area (Å²) in [6.07, 6.45) is 1.00. The lowest BCUT2D eigenvalue weighted by Gasteiger charge is -2.33. The van der Waals surface area contributed by atoms with E-state index in [0.717, 1.165) is 13.0 Å². The highest BCUT2D eigenvalue weighted by molar-refractivity contribution is 7.89. The first-order valence-corrected chi connectivity index (χ1v) is 8.22. The molecule has 0 saturated carbocycles. The number of nitrogens with one attached hydrogen (secondary N) is 1. The fraction of sp³-hybridized carbons (Fsp3) is 0.571. The van der Waals surface area contributed by atoms with E-state index in [1.807, 2.05) is 6.07 Å². The number of rotatable bonds is 4. The lowest BCUT2D eigenvalue weighted by atomic mass is 10.0. The Labute approximate surface area is 115 Å². The van der Waals surface area contributed by atoms with E-state index >= 15 is 0 Å². The van der Waals surface area contributed by atoms with Crippen molar-refractivity contribution >= 4 is 10.0 Å². The smallest absolute Gasteiger partial charge is 0.243 e. The molecule has 0 aliphatic carbocycles. The molecule has 4 nitrogen and oxygen atoms in total. The fourth-order valence-electron chi connectivity index (χ4n) is 2.48. The van der Waals surface area contributed by atoms with Gasteiger partial charge in [-0.2, -0.15) is 4.31 Å². The van der Waals surface area contributed by atoms with Gasteiger partial charge in [0.15, 0.2) is 0 Å². The van der Waals surface area contributed by atoms with E-state index in [-0.39, 0.29) is 6.04 Å². The molecular formula is C14H22N2O2S. The maximum atomic E-state index is 12.5. The summed E-state index contributed by atoms with van der Waals surface area (Å²) in [5.74, 6) is 0.567. The number of hydrogen-bond acceptors (Lipinski definition) is 3. The van der Waals surface area contributed by atoms with Crippen LogP contribution < -0.4 is 5.32 Å². The number of hydrogen-bond donors (Lipinski definition) is 1. The van der Waals surface area contributed by atoms with E-state index < -0.39 is 10.0 Å². The van der Waals surface area contributed by atoms with Crippen LogP contribution in [0.1, 0.15) is 20.3 Å². The lowest BCUT2D eigenvalue weighted by molar-refractivity contribution is 0.272.